The molecule has 1 aromatic carbocycles. The number of nitrogens with one attached hydrogen (secondary N) is 3. The fourth-order valence-electron chi connectivity index (χ4n) is 3.46. The van der Waals surface area contributed by atoms with Crippen LogP contribution in [0.25, 0.3) is 0 Å². The first-order valence-corrected chi connectivity index (χ1v) is 10.2. The van der Waals surface area contributed by atoms with Crippen molar-refractivity contribution >= 4 is 29.1 Å². The van der Waals surface area contributed by atoms with Crippen LogP contribution in [0.1, 0.15) is 36.8 Å². The molecular weight excluding hydrogens is 366 g/mol. The summed E-state index contributed by atoms with van der Waals surface area (Å²) >= 11 is 0. The maximum absolute atomic E-state index is 12.4. The summed E-state index contributed by atoms with van der Waals surface area (Å²) in [5, 5.41) is 8.69. The summed E-state index contributed by atoms with van der Waals surface area (Å²) in [5.74, 6) is 1.16. The van der Waals surface area contributed by atoms with Crippen LogP contribution in [0.4, 0.5) is 22.0 Å². The van der Waals surface area contributed by atoms with Crippen molar-refractivity contribution < 1.29 is 9.59 Å². The minimum atomic E-state index is -0.279. The summed E-state index contributed by atoms with van der Waals surface area (Å²) in [4.78, 5) is 31.1. The number of hydrogen-bond donors (Lipinski definition) is 3. The van der Waals surface area contributed by atoms with E-state index in [2.05, 4.69) is 25.8 Å². The molecule has 0 radical (unpaired) electrons. The Hall–Kier alpha value is -3.09. The van der Waals surface area contributed by atoms with E-state index >= 15 is 0 Å². The molecule has 0 atom stereocenters. The van der Waals surface area contributed by atoms with Crippen molar-refractivity contribution in [2.24, 2.45) is 5.92 Å². The van der Waals surface area contributed by atoms with Crippen molar-refractivity contribution in [3.8, 4) is 0 Å². The minimum absolute atomic E-state index is 0.0516. The summed E-state index contributed by atoms with van der Waals surface area (Å²) < 4.78 is 0. The first-order chi connectivity index (χ1) is 14.1. The zero-order valence-electron chi connectivity index (χ0n) is 16.7. The number of urea groups is 1. The first kappa shape index (κ1) is 19.2. The Labute approximate surface area is 170 Å². The van der Waals surface area contributed by atoms with Crippen molar-refractivity contribution in [3.05, 3.63) is 47.7 Å². The van der Waals surface area contributed by atoms with Crippen LogP contribution in [0.5, 0.6) is 0 Å². The van der Waals surface area contributed by atoms with Gasteiger partial charge in [0.2, 0.25) is 5.91 Å². The van der Waals surface area contributed by atoms with Gasteiger partial charge in [0.25, 0.3) is 0 Å². The predicted octanol–water partition coefficient (Wildman–Crippen LogP) is 3.66. The smallest absolute Gasteiger partial charge is 0.319 e. The van der Waals surface area contributed by atoms with Crippen LogP contribution in [0.2, 0.25) is 0 Å². The van der Waals surface area contributed by atoms with Gasteiger partial charge in [0.05, 0.1) is 0 Å². The van der Waals surface area contributed by atoms with E-state index in [1.807, 2.05) is 31.2 Å². The lowest BCUT2D eigenvalue weighted by molar-refractivity contribution is -0.117. The van der Waals surface area contributed by atoms with Gasteiger partial charge in [-0.1, -0.05) is 6.07 Å². The molecule has 1 aliphatic heterocycles. The second-order valence-electron chi connectivity index (χ2n) is 7.82. The van der Waals surface area contributed by atoms with Gasteiger partial charge in [-0.05, 0) is 68.0 Å². The summed E-state index contributed by atoms with van der Waals surface area (Å²) in [5.41, 5.74) is 3.33. The molecule has 1 saturated heterocycles. The second-order valence-corrected chi connectivity index (χ2v) is 7.82. The number of nitrogens with zero attached hydrogens (tertiary/aromatic N) is 2. The largest absolute Gasteiger partial charge is 0.357 e. The lowest BCUT2D eigenvalue weighted by Crippen LogP contribution is -2.28. The first-order valence-electron chi connectivity index (χ1n) is 10.2. The molecule has 0 bridgehead atoms. The molecule has 1 aliphatic carbocycles. The zero-order valence-corrected chi connectivity index (χ0v) is 16.7. The molecule has 3 N–H and O–H groups in total. The summed E-state index contributed by atoms with van der Waals surface area (Å²) in [6, 6.07) is 9.22. The molecular formula is C22H27N5O2. The minimum Gasteiger partial charge on any atom is -0.357 e. The van der Waals surface area contributed by atoms with Crippen LogP contribution in [-0.4, -0.2) is 30.0 Å². The molecule has 2 heterocycles. The monoisotopic (exact) mass is 393 g/mol. The van der Waals surface area contributed by atoms with E-state index < -0.39 is 0 Å². The molecule has 29 heavy (non-hydrogen) atoms. The van der Waals surface area contributed by atoms with Gasteiger partial charge in [-0.25, -0.2) is 9.78 Å². The summed E-state index contributed by atoms with van der Waals surface area (Å²) in [7, 11) is 0. The SMILES string of the molecule is Cc1ccc(NC(=O)C2CC2)cc1NC(=O)NCc1ccnc(N2CCCC2)c1. The Morgan fingerprint density at radius 2 is 1.90 bits per heavy atom. The lowest BCUT2D eigenvalue weighted by atomic mass is 10.1. The highest BCUT2D eigenvalue weighted by Crippen LogP contribution is 2.30. The van der Waals surface area contributed by atoms with Crippen molar-refractivity contribution in [1.82, 2.24) is 10.3 Å². The molecule has 2 fully saturated rings. The van der Waals surface area contributed by atoms with Crippen molar-refractivity contribution in [2.45, 2.75) is 39.2 Å². The number of pyridine rings is 1. The second kappa shape index (κ2) is 8.51. The summed E-state index contributed by atoms with van der Waals surface area (Å²) in [6.45, 7) is 4.42. The maximum Gasteiger partial charge on any atom is 0.319 e. The highest BCUT2D eigenvalue weighted by atomic mass is 16.2. The predicted molar refractivity (Wildman–Crippen MR) is 114 cm³/mol. The van der Waals surface area contributed by atoms with E-state index in [0.717, 1.165) is 42.9 Å². The van der Waals surface area contributed by atoms with Crippen molar-refractivity contribution in [3.63, 3.8) is 0 Å². The van der Waals surface area contributed by atoms with Gasteiger partial charge in [-0.15, -0.1) is 0 Å². The van der Waals surface area contributed by atoms with Crippen molar-refractivity contribution in [2.75, 3.05) is 28.6 Å². The van der Waals surface area contributed by atoms with E-state index in [-0.39, 0.29) is 17.9 Å². The van der Waals surface area contributed by atoms with E-state index in [1.165, 1.54) is 12.8 Å². The molecule has 7 heteroatoms. The van der Waals surface area contributed by atoms with E-state index in [1.54, 1.807) is 12.3 Å². The van der Waals surface area contributed by atoms with Gasteiger partial charge in [-0.3, -0.25) is 4.79 Å². The molecule has 0 spiro atoms. The molecule has 152 valence electrons. The number of benzene rings is 1. The number of amides is 3. The number of rotatable bonds is 6. The van der Waals surface area contributed by atoms with Gasteiger partial charge in [0, 0.05) is 43.1 Å². The normalized spacial score (nSPS) is 15.8. The molecule has 1 saturated carbocycles. The Morgan fingerprint density at radius 3 is 2.66 bits per heavy atom. The number of hydrogen-bond acceptors (Lipinski definition) is 4. The fraction of sp³-hybridized carbons (Fsp3) is 0.409. The number of carbonyl (C=O) groups is 2. The van der Waals surface area contributed by atoms with Crippen LogP contribution in [0.3, 0.4) is 0 Å². The number of anilines is 3. The zero-order chi connectivity index (χ0) is 20.2. The maximum atomic E-state index is 12.4. The lowest BCUT2D eigenvalue weighted by Gasteiger charge is -2.17. The van der Waals surface area contributed by atoms with Crippen LogP contribution in [-0.2, 0) is 11.3 Å². The van der Waals surface area contributed by atoms with Gasteiger partial charge < -0.3 is 20.9 Å². The summed E-state index contributed by atoms with van der Waals surface area (Å²) in [6.07, 6.45) is 6.11. The Kier molecular flexibility index (Phi) is 5.64. The molecule has 2 aromatic rings. The standard InChI is InChI=1S/C22H27N5O2/c1-15-4-7-18(25-21(28)17-5-6-17)13-19(15)26-22(29)24-14-16-8-9-23-20(12-16)27-10-2-3-11-27/h4,7-9,12-13,17H,2-3,5-6,10-11,14H2,1H3,(H,25,28)(H2,24,26,29). The third-order valence-electron chi connectivity index (χ3n) is 5.39. The molecule has 3 amide bonds. The molecule has 4 rings (SSSR count). The van der Waals surface area contributed by atoms with Gasteiger partial charge >= 0.3 is 6.03 Å². The number of aryl methyl sites for hydroxylation is 1. The molecule has 1 aromatic heterocycles. The van der Waals surface area contributed by atoms with Gasteiger partial charge in [-0.2, -0.15) is 0 Å². The Morgan fingerprint density at radius 1 is 1.10 bits per heavy atom. The van der Waals surface area contributed by atoms with E-state index in [9.17, 15) is 9.59 Å². The van der Waals surface area contributed by atoms with Gasteiger partial charge in [0.15, 0.2) is 0 Å². The Bertz CT molecular complexity index is 904. The third-order valence-corrected chi connectivity index (χ3v) is 5.39. The topological polar surface area (TPSA) is 86.4 Å². The van der Waals surface area contributed by atoms with Gasteiger partial charge in [0.1, 0.15) is 5.82 Å². The highest BCUT2D eigenvalue weighted by Gasteiger charge is 2.29. The molecule has 7 nitrogen and oxygen atoms in total. The fourth-order valence-corrected chi connectivity index (χ4v) is 3.46. The average Bonchev–Trinajstić information content (AvgIpc) is 3.43. The number of carbonyl (C=O) groups excluding carboxylic acids is 2. The average molecular weight is 393 g/mol. The Balaban J connectivity index is 1.33. The molecule has 2 aliphatic rings. The van der Waals surface area contributed by atoms with Crippen LogP contribution < -0.4 is 20.9 Å². The quantitative estimate of drug-likeness (QED) is 0.699. The van der Waals surface area contributed by atoms with Crippen molar-refractivity contribution in [1.29, 1.82) is 0 Å². The third kappa shape index (κ3) is 5.04. The number of aromatic nitrogens is 1. The van der Waals surface area contributed by atoms with Crippen LogP contribution >= 0.6 is 0 Å². The van der Waals surface area contributed by atoms with Crippen LogP contribution in [0.15, 0.2) is 36.5 Å². The van der Waals surface area contributed by atoms with Crippen LogP contribution in [0, 0.1) is 12.8 Å². The highest BCUT2D eigenvalue weighted by molar-refractivity contribution is 5.96. The van der Waals surface area contributed by atoms with E-state index in [0.29, 0.717) is 17.9 Å². The molecule has 0 unspecified atom stereocenters. The van der Waals surface area contributed by atoms with E-state index in [4.69, 9.17) is 0 Å².